The van der Waals surface area contributed by atoms with Gasteiger partial charge in [0.05, 0.1) is 0 Å². The van der Waals surface area contributed by atoms with Gasteiger partial charge in [-0.05, 0) is 29.7 Å². The first kappa shape index (κ1) is 16.2. The van der Waals surface area contributed by atoms with E-state index in [4.69, 9.17) is 10.5 Å². The lowest BCUT2D eigenvalue weighted by Crippen LogP contribution is -2.13. The van der Waals surface area contributed by atoms with Gasteiger partial charge in [0.15, 0.2) is 0 Å². The van der Waals surface area contributed by atoms with Gasteiger partial charge in [0.1, 0.15) is 17.1 Å². The molecule has 2 aromatic rings. The Kier molecular flexibility index (Phi) is 4.09. The van der Waals surface area contributed by atoms with Gasteiger partial charge in [-0.3, -0.25) is 0 Å². The SMILES string of the molecule is CC(C)(C)c1ccccc1Oc1ccc(N)cc1C(F)(F)F. The Labute approximate surface area is 127 Å². The van der Waals surface area contributed by atoms with Crippen LogP contribution in [0.2, 0.25) is 0 Å². The van der Waals surface area contributed by atoms with Gasteiger partial charge in [-0.1, -0.05) is 39.0 Å². The number of alkyl halides is 3. The van der Waals surface area contributed by atoms with Crippen LogP contribution in [-0.4, -0.2) is 0 Å². The Bertz CT molecular complexity index is 672. The van der Waals surface area contributed by atoms with Crippen LogP contribution in [0.15, 0.2) is 42.5 Å². The maximum Gasteiger partial charge on any atom is 0.420 e. The second-order valence-corrected chi connectivity index (χ2v) is 6.10. The molecule has 0 aliphatic heterocycles. The number of rotatable bonds is 2. The highest BCUT2D eigenvalue weighted by Gasteiger charge is 2.35. The highest BCUT2D eigenvalue weighted by molar-refractivity contribution is 5.51. The summed E-state index contributed by atoms with van der Waals surface area (Å²) in [7, 11) is 0. The quantitative estimate of drug-likeness (QED) is 0.756. The molecular formula is C17H18F3NO. The standard InChI is InChI=1S/C17H18F3NO/c1-16(2,3)12-6-4-5-7-14(12)22-15-9-8-11(21)10-13(15)17(18,19)20/h4-10H,21H2,1-3H3. The van der Waals surface area contributed by atoms with Crippen LogP contribution in [0, 0.1) is 0 Å². The van der Waals surface area contributed by atoms with Crippen molar-refractivity contribution in [2.24, 2.45) is 0 Å². The third-order valence-corrected chi connectivity index (χ3v) is 3.22. The van der Waals surface area contributed by atoms with E-state index in [2.05, 4.69) is 0 Å². The summed E-state index contributed by atoms with van der Waals surface area (Å²) in [4.78, 5) is 0. The van der Waals surface area contributed by atoms with Crippen LogP contribution in [0.25, 0.3) is 0 Å². The molecule has 0 unspecified atom stereocenters. The molecule has 0 heterocycles. The lowest BCUT2D eigenvalue weighted by atomic mass is 9.86. The smallest absolute Gasteiger partial charge is 0.420 e. The van der Waals surface area contributed by atoms with Gasteiger partial charge in [0, 0.05) is 11.3 Å². The largest absolute Gasteiger partial charge is 0.456 e. The number of ether oxygens (including phenoxy) is 1. The number of nitrogen functional groups attached to an aromatic ring is 1. The number of benzene rings is 2. The second-order valence-electron chi connectivity index (χ2n) is 6.10. The maximum atomic E-state index is 13.1. The summed E-state index contributed by atoms with van der Waals surface area (Å²) in [6.45, 7) is 5.93. The second kappa shape index (κ2) is 5.55. The van der Waals surface area contributed by atoms with Crippen molar-refractivity contribution in [2.45, 2.75) is 32.4 Å². The van der Waals surface area contributed by atoms with E-state index >= 15 is 0 Å². The number of para-hydroxylation sites is 1. The molecule has 0 saturated heterocycles. The highest BCUT2D eigenvalue weighted by atomic mass is 19.4. The fourth-order valence-corrected chi connectivity index (χ4v) is 2.15. The lowest BCUT2D eigenvalue weighted by Gasteiger charge is -2.23. The highest BCUT2D eigenvalue weighted by Crippen LogP contribution is 2.41. The molecule has 0 fully saturated rings. The molecule has 0 amide bonds. The topological polar surface area (TPSA) is 35.2 Å². The van der Waals surface area contributed by atoms with E-state index in [1.165, 1.54) is 12.1 Å². The fraction of sp³-hybridized carbons (Fsp3) is 0.294. The molecule has 0 bridgehead atoms. The van der Waals surface area contributed by atoms with Crippen LogP contribution in [-0.2, 0) is 11.6 Å². The van der Waals surface area contributed by atoms with Crippen molar-refractivity contribution in [3.63, 3.8) is 0 Å². The number of anilines is 1. The predicted octanol–water partition coefficient (Wildman–Crippen LogP) is 5.38. The molecule has 2 N–H and O–H groups in total. The molecule has 2 nitrogen and oxygen atoms in total. The van der Waals surface area contributed by atoms with Crippen LogP contribution in [0.1, 0.15) is 31.9 Å². The summed E-state index contributed by atoms with van der Waals surface area (Å²) in [6, 6.07) is 10.6. The van der Waals surface area contributed by atoms with Crippen LogP contribution in [0.3, 0.4) is 0 Å². The Morgan fingerprint density at radius 3 is 2.05 bits per heavy atom. The van der Waals surface area contributed by atoms with E-state index in [0.717, 1.165) is 11.6 Å². The number of hydrogen-bond donors (Lipinski definition) is 1. The zero-order valence-electron chi connectivity index (χ0n) is 12.7. The molecule has 5 heteroatoms. The third kappa shape index (κ3) is 3.53. The molecule has 0 radical (unpaired) electrons. The molecular weight excluding hydrogens is 291 g/mol. The average molecular weight is 309 g/mol. The van der Waals surface area contributed by atoms with Crippen LogP contribution < -0.4 is 10.5 Å². The molecule has 22 heavy (non-hydrogen) atoms. The molecule has 0 aromatic heterocycles. The first-order valence-electron chi connectivity index (χ1n) is 6.83. The fourth-order valence-electron chi connectivity index (χ4n) is 2.15. The summed E-state index contributed by atoms with van der Waals surface area (Å²) in [5, 5.41) is 0. The van der Waals surface area contributed by atoms with Crippen LogP contribution >= 0.6 is 0 Å². The molecule has 2 rings (SSSR count). The van der Waals surface area contributed by atoms with Crippen molar-refractivity contribution in [1.82, 2.24) is 0 Å². The van der Waals surface area contributed by atoms with Crippen LogP contribution in [0.5, 0.6) is 11.5 Å². The van der Waals surface area contributed by atoms with Crippen molar-refractivity contribution in [3.05, 3.63) is 53.6 Å². The van der Waals surface area contributed by atoms with Gasteiger partial charge < -0.3 is 10.5 Å². The molecule has 0 aliphatic carbocycles. The van der Waals surface area contributed by atoms with Crippen molar-refractivity contribution in [2.75, 3.05) is 5.73 Å². The average Bonchev–Trinajstić information content (AvgIpc) is 2.39. The summed E-state index contributed by atoms with van der Waals surface area (Å²) in [5.74, 6) is 0.156. The molecule has 0 spiro atoms. The third-order valence-electron chi connectivity index (χ3n) is 3.22. The molecule has 0 atom stereocenters. The lowest BCUT2D eigenvalue weighted by molar-refractivity contribution is -0.138. The summed E-state index contributed by atoms with van der Waals surface area (Å²) in [5.41, 5.74) is 5.21. The Balaban J connectivity index is 2.49. The first-order chi connectivity index (χ1) is 10.1. The van der Waals surface area contributed by atoms with Crippen molar-refractivity contribution in [3.8, 4) is 11.5 Å². The minimum atomic E-state index is -4.53. The summed E-state index contributed by atoms with van der Waals surface area (Å²) >= 11 is 0. The monoisotopic (exact) mass is 309 g/mol. The van der Waals surface area contributed by atoms with Gasteiger partial charge in [-0.15, -0.1) is 0 Å². The minimum absolute atomic E-state index is 0.0452. The van der Waals surface area contributed by atoms with E-state index in [0.29, 0.717) is 5.75 Å². The summed E-state index contributed by atoms with van der Waals surface area (Å²) < 4.78 is 45.0. The molecule has 0 saturated carbocycles. The Morgan fingerprint density at radius 1 is 0.864 bits per heavy atom. The summed E-state index contributed by atoms with van der Waals surface area (Å²) in [6.07, 6.45) is -4.53. The van der Waals surface area contributed by atoms with Gasteiger partial charge in [0.2, 0.25) is 0 Å². The van der Waals surface area contributed by atoms with Crippen molar-refractivity contribution in [1.29, 1.82) is 0 Å². The number of hydrogen-bond acceptors (Lipinski definition) is 2. The number of nitrogens with two attached hydrogens (primary N) is 1. The normalized spacial score (nSPS) is 12.3. The molecule has 0 aliphatic rings. The number of halogens is 3. The maximum absolute atomic E-state index is 13.1. The van der Waals surface area contributed by atoms with Crippen LogP contribution in [0.4, 0.5) is 18.9 Å². The van der Waals surface area contributed by atoms with E-state index in [1.807, 2.05) is 32.9 Å². The first-order valence-corrected chi connectivity index (χ1v) is 6.83. The van der Waals surface area contributed by atoms with E-state index in [-0.39, 0.29) is 16.9 Å². The zero-order valence-corrected chi connectivity index (χ0v) is 12.7. The van der Waals surface area contributed by atoms with Gasteiger partial charge in [-0.2, -0.15) is 13.2 Å². The van der Waals surface area contributed by atoms with E-state index in [9.17, 15) is 13.2 Å². The van der Waals surface area contributed by atoms with E-state index < -0.39 is 11.7 Å². The molecule has 118 valence electrons. The van der Waals surface area contributed by atoms with E-state index in [1.54, 1.807) is 12.1 Å². The minimum Gasteiger partial charge on any atom is -0.456 e. The van der Waals surface area contributed by atoms with Gasteiger partial charge in [-0.25, -0.2) is 0 Å². The van der Waals surface area contributed by atoms with Crippen molar-refractivity contribution < 1.29 is 17.9 Å². The predicted molar refractivity (Wildman–Crippen MR) is 81.1 cm³/mol. The van der Waals surface area contributed by atoms with Crippen molar-refractivity contribution >= 4 is 5.69 Å². The van der Waals surface area contributed by atoms with Gasteiger partial charge >= 0.3 is 6.18 Å². The molecule has 2 aromatic carbocycles. The Morgan fingerprint density at radius 2 is 1.45 bits per heavy atom. The van der Waals surface area contributed by atoms with Gasteiger partial charge in [0.25, 0.3) is 0 Å². The zero-order chi connectivity index (χ0) is 16.5. The Hall–Kier alpha value is -2.17.